The van der Waals surface area contributed by atoms with Gasteiger partial charge in [-0.2, -0.15) is 0 Å². The smallest absolute Gasteiger partial charge is 0.262 e. The molecule has 1 fully saturated rings. The Balaban J connectivity index is 1.53. The number of nitrogens with one attached hydrogen (secondary N) is 1. The molecular formula is C21H24N2O4. The number of morpholine rings is 1. The van der Waals surface area contributed by atoms with Crippen molar-refractivity contribution in [2.24, 2.45) is 0 Å². The fourth-order valence-corrected chi connectivity index (χ4v) is 2.87. The van der Waals surface area contributed by atoms with Crippen LogP contribution >= 0.6 is 0 Å². The Morgan fingerprint density at radius 1 is 1.15 bits per heavy atom. The molecule has 142 valence electrons. The van der Waals surface area contributed by atoms with Crippen LogP contribution in [0.3, 0.4) is 0 Å². The van der Waals surface area contributed by atoms with E-state index in [9.17, 15) is 9.59 Å². The highest BCUT2D eigenvalue weighted by Gasteiger charge is 2.24. The van der Waals surface area contributed by atoms with Crippen LogP contribution in [0.1, 0.15) is 22.8 Å². The molecule has 2 aromatic carbocycles. The van der Waals surface area contributed by atoms with Crippen LogP contribution in [0.15, 0.2) is 48.5 Å². The van der Waals surface area contributed by atoms with Gasteiger partial charge in [0.05, 0.1) is 19.3 Å². The Kier molecular flexibility index (Phi) is 6.08. The van der Waals surface area contributed by atoms with Crippen LogP contribution < -0.4 is 10.1 Å². The van der Waals surface area contributed by atoms with Gasteiger partial charge in [-0.1, -0.05) is 17.7 Å². The number of rotatable bonds is 5. The lowest BCUT2D eigenvalue weighted by atomic mass is 10.1. The standard InChI is InChI=1S/C21H24N2O4/c1-15-3-9-19(10-4-15)27-14-20(24)22-18-7-5-17(6-8-18)21(25)23-11-12-26-13-16(23)2/h3-10,16H,11-14H2,1-2H3,(H,22,24). The van der Waals surface area contributed by atoms with E-state index in [0.717, 1.165) is 5.56 Å². The highest BCUT2D eigenvalue weighted by Crippen LogP contribution is 2.16. The van der Waals surface area contributed by atoms with Crippen molar-refractivity contribution in [3.8, 4) is 5.75 Å². The van der Waals surface area contributed by atoms with E-state index in [0.29, 0.717) is 36.8 Å². The van der Waals surface area contributed by atoms with E-state index in [-0.39, 0.29) is 24.5 Å². The molecule has 1 N–H and O–H groups in total. The van der Waals surface area contributed by atoms with Crippen molar-refractivity contribution in [2.45, 2.75) is 19.9 Å². The molecule has 1 aliphatic rings. The summed E-state index contributed by atoms with van der Waals surface area (Å²) in [5.41, 5.74) is 2.35. The minimum atomic E-state index is -0.253. The third-order valence-corrected chi connectivity index (χ3v) is 4.44. The molecule has 0 aromatic heterocycles. The fraction of sp³-hybridized carbons (Fsp3) is 0.333. The van der Waals surface area contributed by atoms with Gasteiger partial charge in [0.1, 0.15) is 5.75 Å². The first kappa shape index (κ1) is 18.9. The van der Waals surface area contributed by atoms with E-state index < -0.39 is 0 Å². The van der Waals surface area contributed by atoms with Crippen molar-refractivity contribution in [3.63, 3.8) is 0 Å². The second-order valence-electron chi connectivity index (χ2n) is 6.65. The molecule has 0 spiro atoms. The van der Waals surface area contributed by atoms with Crippen LogP contribution in [0.25, 0.3) is 0 Å². The average Bonchev–Trinajstić information content (AvgIpc) is 2.68. The zero-order valence-electron chi connectivity index (χ0n) is 15.6. The molecule has 0 saturated carbocycles. The number of aryl methyl sites for hydroxylation is 1. The summed E-state index contributed by atoms with van der Waals surface area (Å²) < 4.78 is 10.8. The molecule has 2 aromatic rings. The highest BCUT2D eigenvalue weighted by atomic mass is 16.5. The summed E-state index contributed by atoms with van der Waals surface area (Å²) in [4.78, 5) is 26.4. The van der Waals surface area contributed by atoms with Crippen LogP contribution in [0.5, 0.6) is 5.75 Å². The zero-order valence-corrected chi connectivity index (χ0v) is 15.6. The maximum Gasteiger partial charge on any atom is 0.262 e. The Hall–Kier alpha value is -2.86. The van der Waals surface area contributed by atoms with E-state index in [2.05, 4.69) is 5.32 Å². The van der Waals surface area contributed by atoms with E-state index in [1.54, 1.807) is 24.3 Å². The van der Waals surface area contributed by atoms with Crippen molar-refractivity contribution >= 4 is 17.5 Å². The van der Waals surface area contributed by atoms with Crippen molar-refractivity contribution in [1.29, 1.82) is 0 Å². The number of carbonyl (C=O) groups excluding carboxylic acids is 2. The molecule has 1 atom stereocenters. The first-order valence-electron chi connectivity index (χ1n) is 9.01. The largest absolute Gasteiger partial charge is 0.484 e. The van der Waals surface area contributed by atoms with E-state index in [4.69, 9.17) is 9.47 Å². The quantitative estimate of drug-likeness (QED) is 0.881. The van der Waals surface area contributed by atoms with Crippen LogP contribution in [-0.4, -0.2) is 49.1 Å². The van der Waals surface area contributed by atoms with Crippen LogP contribution in [0, 0.1) is 6.92 Å². The van der Waals surface area contributed by atoms with Gasteiger partial charge in [0, 0.05) is 17.8 Å². The van der Waals surface area contributed by atoms with Gasteiger partial charge < -0.3 is 19.7 Å². The van der Waals surface area contributed by atoms with Gasteiger partial charge in [-0.15, -0.1) is 0 Å². The second-order valence-corrected chi connectivity index (χ2v) is 6.65. The summed E-state index contributed by atoms with van der Waals surface area (Å²) in [6.45, 7) is 5.60. The van der Waals surface area contributed by atoms with Gasteiger partial charge in [0.25, 0.3) is 11.8 Å². The average molecular weight is 368 g/mol. The fourth-order valence-electron chi connectivity index (χ4n) is 2.87. The Labute approximate surface area is 159 Å². The first-order valence-corrected chi connectivity index (χ1v) is 9.01. The zero-order chi connectivity index (χ0) is 19.2. The van der Waals surface area contributed by atoms with Gasteiger partial charge in [-0.25, -0.2) is 0 Å². The minimum Gasteiger partial charge on any atom is -0.484 e. The summed E-state index contributed by atoms with van der Waals surface area (Å²) in [6, 6.07) is 14.5. The number of benzene rings is 2. The van der Waals surface area contributed by atoms with Crippen LogP contribution in [-0.2, 0) is 9.53 Å². The summed E-state index contributed by atoms with van der Waals surface area (Å²) in [6.07, 6.45) is 0. The summed E-state index contributed by atoms with van der Waals surface area (Å²) in [7, 11) is 0. The number of nitrogens with zero attached hydrogens (tertiary/aromatic N) is 1. The predicted molar refractivity (Wildman–Crippen MR) is 103 cm³/mol. The van der Waals surface area contributed by atoms with E-state index >= 15 is 0 Å². The summed E-state index contributed by atoms with van der Waals surface area (Å²) in [5.74, 6) is 0.374. The molecule has 1 heterocycles. The monoisotopic (exact) mass is 368 g/mol. The number of anilines is 1. The summed E-state index contributed by atoms with van der Waals surface area (Å²) in [5, 5.41) is 2.77. The number of hydrogen-bond acceptors (Lipinski definition) is 4. The van der Waals surface area contributed by atoms with Crippen molar-refractivity contribution in [1.82, 2.24) is 4.90 Å². The molecule has 0 bridgehead atoms. The molecular weight excluding hydrogens is 344 g/mol. The highest BCUT2D eigenvalue weighted by molar-refractivity contribution is 5.96. The van der Waals surface area contributed by atoms with Gasteiger partial charge in [0.2, 0.25) is 0 Å². The SMILES string of the molecule is Cc1ccc(OCC(=O)Nc2ccc(C(=O)N3CCOCC3C)cc2)cc1. The first-order chi connectivity index (χ1) is 13.0. The van der Waals surface area contributed by atoms with Crippen molar-refractivity contribution in [2.75, 3.05) is 31.7 Å². The molecule has 6 nitrogen and oxygen atoms in total. The van der Waals surface area contributed by atoms with Gasteiger partial charge >= 0.3 is 0 Å². The molecule has 1 saturated heterocycles. The summed E-state index contributed by atoms with van der Waals surface area (Å²) >= 11 is 0. The Bertz CT molecular complexity index is 787. The Morgan fingerprint density at radius 2 is 1.85 bits per heavy atom. The topological polar surface area (TPSA) is 67.9 Å². The predicted octanol–water partition coefficient (Wildman–Crippen LogP) is 2.87. The number of carbonyl (C=O) groups is 2. The maximum atomic E-state index is 12.6. The van der Waals surface area contributed by atoms with Crippen LogP contribution in [0.2, 0.25) is 0 Å². The molecule has 6 heteroatoms. The third kappa shape index (κ3) is 5.08. The molecule has 1 unspecified atom stereocenters. The normalized spacial score (nSPS) is 16.7. The molecule has 0 radical (unpaired) electrons. The lowest BCUT2D eigenvalue weighted by molar-refractivity contribution is -0.118. The molecule has 0 aliphatic carbocycles. The van der Waals surface area contributed by atoms with Gasteiger partial charge in [0.15, 0.2) is 6.61 Å². The van der Waals surface area contributed by atoms with Gasteiger partial charge in [-0.05, 0) is 50.2 Å². The second kappa shape index (κ2) is 8.68. The number of amides is 2. The molecule has 3 rings (SSSR count). The minimum absolute atomic E-state index is 0.0219. The Morgan fingerprint density at radius 3 is 2.52 bits per heavy atom. The van der Waals surface area contributed by atoms with Crippen molar-refractivity contribution < 1.29 is 19.1 Å². The van der Waals surface area contributed by atoms with E-state index in [1.165, 1.54) is 0 Å². The van der Waals surface area contributed by atoms with Crippen molar-refractivity contribution in [3.05, 3.63) is 59.7 Å². The number of hydrogen-bond donors (Lipinski definition) is 1. The lowest BCUT2D eigenvalue weighted by Crippen LogP contribution is -2.47. The lowest BCUT2D eigenvalue weighted by Gasteiger charge is -2.33. The number of ether oxygens (including phenoxy) is 2. The maximum absolute atomic E-state index is 12.6. The molecule has 2 amide bonds. The van der Waals surface area contributed by atoms with Crippen LogP contribution in [0.4, 0.5) is 5.69 Å². The van der Waals surface area contributed by atoms with E-state index in [1.807, 2.05) is 43.0 Å². The third-order valence-electron chi connectivity index (χ3n) is 4.44. The molecule has 27 heavy (non-hydrogen) atoms. The van der Waals surface area contributed by atoms with Gasteiger partial charge in [-0.3, -0.25) is 9.59 Å². The molecule has 1 aliphatic heterocycles.